The second kappa shape index (κ2) is 10.2. The standard InChI is InChI=1S/C12H22N4O.HI/c1-3-13-11(17)9-15-12(14-4-2)16-10-7-5-6-8-10;/h5-6,10H,3-4,7-9H2,1-2H3,(H,13,17)(H2,14,15,16);1H. The highest BCUT2D eigenvalue weighted by molar-refractivity contribution is 14.0. The fourth-order valence-electron chi connectivity index (χ4n) is 1.65. The molecule has 3 N–H and O–H groups in total. The Hall–Kier alpha value is -0.790. The Balaban J connectivity index is 0.00000289. The van der Waals surface area contributed by atoms with Crippen molar-refractivity contribution in [2.24, 2.45) is 4.99 Å². The van der Waals surface area contributed by atoms with Crippen LogP contribution in [0.15, 0.2) is 17.1 Å². The highest BCUT2D eigenvalue weighted by Gasteiger charge is 2.11. The minimum Gasteiger partial charge on any atom is -0.357 e. The Bertz CT molecular complexity index is 296. The number of halogens is 1. The Kier molecular flexibility index (Phi) is 9.72. The van der Waals surface area contributed by atoms with E-state index in [-0.39, 0.29) is 36.4 Å². The first-order valence-corrected chi connectivity index (χ1v) is 6.22. The van der Waals surface area contributed by atoms with Crippen molar-refractivity contribution in [1.29, 1.82) is 0 Å². The van der Waals surface area contributed by atoms with Crippen molar-refractivity contribution < 1.29 is 4.79 Å². The SMILES string of the molecule is CCNC(=O)CN=C(NCC)NC1CC=CC1.I. The second-order valence-corrected chi connectivity index (χ2v) is 3.93. The van der Waals surface area contributed by atoms with E-state index in [1.165, 1.54) is 0 Å². The van der Waals surface area contributed by atoms with Gasteiger partial charge < -0.3 is 16.0 Å². The van der Waals surface area contributed by atoms with Crippen molar-refractivity contribution >= 4 is 35.8 Å². The zero-order valence-electron chi connectivity index (χ0n) is 11.0. The molecule has 6 heteroatoms. The lowest BCUT2D eigenvalue weighted by Crippen LogP contribution is -2.43. The average Bonchev–Trinajstić information content (AvgIpc) is 2.79. The molecule has 0 radical (unpaired) electrons. The molecule has 0 fully saturated rings. The summed E-state index contributed by atoms with van der Waals surface area (Å²) in [5, 5.41) is 9.17. The molecule has 0 bridgehead atoms. The molecule has 0 atom stereocenters. The van der Waals surface area contributed by atoms with Gasteiger partial charge in [0.2, 0.25) is 5.91 Å². The maximum atomic E-state index is 11.3. The molecule has 1 amide bonds. The van der Waals surface area contributed by atoms with Crippen LogP contribution in [0.1, 0.15) is 26.7 Å². The van der Waals surface area contributed by atoms with Crippen LogP contribution < -0.4 is 16.0 Å². The maximum Gasteiger partial charge on any atom is 0.241 e. The van der Waals surface area contributed by atoms with Gasteiger partial charge in [0.25, 0.3) is 0 Å². The summed E-state index contributed by atoms with van der Waals surface area (Å²) in [6, 6.07) is 0.405. The van der Waals surface area contributed by atoms with Crippen molar-refractivity contribution in [2.75, 3.05) is 19.6 Å². The third kappa shape index (κ3) is 6.83. The van der Waals surface area contributed by atoms with E-state index in [0.29, 0.717) is 18.5 Å². The van der Waals surface area contributed by atoms with Gasteiger partial charge in [-0.25, -0.2) is 4.99 Å². The van der Waals surface area contributed by atoms with E-state index >= 15 is 0 Å². The Morgan fingerprint density at radius 1 is 1.22 bits per heavy atom. The van der Waals surface area contributed by atoms with Crippen molar-refractivity contribution in [1.82, 2.24) is 16.0 Å². The van der Waals surface area contributed by atoms with Crippen molar-refractivity contribution in [3.8, 4) is 0 Å². The van der Waals surface area contributed by atoms with E-state index in [9.17, 15) is 4.79 Å². The third-order valence-corrected chi connectivity index (χ3v) is 2.45. The number of hydrogen-bond donors (Lipinski definition) is 3. The van der Waals surface area contributed by atoms with Crippen LogP contribution in [0.3, 0.4) is 0 Å². The van der Waals surface area contributed by atoms with Crippen LogP contribution in [-0.2, 0) is 4.79 Å². The van der Waals surface area contributed by atoms with Gasteiger partial charge in [0.05, 0.1) is 0 Å². The zero-order valence-corrected chi connectivity index (χ0v) is 13.4. The van der Waals surface area contributed by atoms with Gasteiger partial charge in [-0.1, -0.05) is 12.2 Å². The van der Waals surface area contributed by atoms with Crippen LogP contribution in [-0.4, -0.2) is 37.5 Å². The minimum absolute atomic E-state index is 0. The number of guanidine groups is 1. The van der Waals surface area contributed by atoms with Crippen LogP contribution in [0, 0.1) is 0 Å². The average molecular weight is 366 g/mol. The van der Waals surface area contributed by atoms with Crippen LogP contribution >= 0.6 is 24.0 Å². The van der Waals surface area contributed by atoms with Crippen molar-refractivity contribution in [3.05, 3.63) is 12.2 Å². The fraction of sp³-hybridized carbons (Fsp3) is 0.667. The Morgan fingerprint density at radius 3 is 2.39 bits per heavy atom. The largest absolute Gasteiger partial charge is 0.357 e. The number of nitrogens with zero attached hydrogens (tertiary/aromatic N) is 1. The lowest BCUT2D eigenvalue weighted by molar-refractivity contribution is -0.119. The molecule has 0 aromatic carbocycles. The van der Waals surface area contributed by atoms with Crippen LogP contribution in [0.2, 0.25) is 0 Å². The smallest absolute Gasteiger partial charge is 0.241 e. The molecule has 104 valence electrons. The van der Waals surface area contributed by atoms with Crippen LogP contribution in [0.25, 0.3) is 0 Å². The molecule has 18 heavy (non-hydrogen) atoms. The number of aliphatic imine (C=N–C) groups is 1. The van der Waals surface area contributed by atoms with Gasteiger partial charge in [0.1, 0.15) is 6.54 Å². The molecule has 5 nitrogen and oxygen atoms in total. The van der Waals surface area contributed by atoms with E-state index < -0.39 is 0 Å². The molecular formula is C12H23IN4O. The van der Waals surface area contributed by atoms with E-state index in [1.54, 1.807) is 0 Å². The normalized spacial score (nSPS) is 15.1. The van der Waals surface area contributed by atoms with Gasteiger partial charge >= 0.3 is 0 Å². The number of hydrogen-bond acceptors (Lipinski definition) is 2. The zero-order chi connectivity index (χ0) is 12.5. The summed E-state index contributed by atoms with van der Waals surface area (Å²) in [6.45, 7) is 5.51. The topological polar surface area (TPSA) is 65.5 Å². The van der Waals surface area contributed by atoms with E-state index in [4.69, 9.17) is 0 Å². The van der Waals surface area contributed by atoms with Gasteiger partial charge in [0, 0.05) is 19.1 Å². The molecule has 0 saturated heterocycles. The first-order chi connectivity index (χ1) is 8.26. The molecule has 0 saturated carbocycles. The molecule has 0 aliphatic heterocycles. The number of amides is 1. The lowest BCUT2D eigenvalue weighted by atomic mass is 10.2. The van der Waals surface area contributed by atoms with Gasteiger partial charge in [-0.3, -0.25) is 4.79 Å². The van der Waals surface area contributed by atoms with Crippen molar-refractivity contribution in [2.45, 2.75) is 32.7 Å². The van der Waals surface area contributed by atoms with E-state index in [0.717, 1.165) is 19.4 Å². The van der Waals surface area contributed by atoms with E-state index in [1.807, 2.05) is 13.8 Å². The van der Waals surface area contributed by atoms with Crippen LogP contribution in [0.5, 0.6) is 0 Å². The molecule has 1 rings (SSSR count). The fourth-order valence-corrected chi connectivity index (χ4v) is 1.65. The summed E-state index contributed by atoms with van der Waals surface area (Å²) in [6.07, 6.45) is 6.35. The summed E-state index contributed by atoms with van der Waals surface area (Å²) < 4.78 is 0. The predicted octanol–water partition coefficient (Wildman–Crippen LogP) is 1.01. The first-order valence-electron chi connectivity index (χ1n) is 6.22. The summed E-state index contributed by atoms with van der Waals surface area (Å²) in [5.74, 6) is 0.668. The summed E-state index contributed by atoms with van der Waals surface area (Å²) in [5.41, 5.74) is 0. The molecule has 1 aliphatic rings. The molecule has 0 aromatic rings. The molecule has 1 aliphatic carbocycles. The summed E-state index contributed by atoms with van der Waals surface area (Å²) in [4.78, 5) is 15.6. The number of carbonyl (C=O) groups is 1. The van der Waals surface area contributed by atoms with Crippen molar-refractivity contribution in [3.63, 3.8) is 0 Å². The number of rotatable bonds is 5. The predicted molar refractivity (Wildman–Crippen MR) is 85.4 cm³/mol. The van der Waals surface area contributed by atoms with Gasteiger partial charge in [-0.2, -0.15) is 0 Å². The highest BCUT2D eigenvalue weighted by Crippen LogP contribution is 2.08. The summed E-state index contributed by atoms with van der Waals surface area (Å²) in [7, 11) is 0. The van der Waals surface area contributed by atoms with Gasteiger partial charge in [-0.15, -0.1) is 24.0 Å². The quantitative estimate of drug-likeness (QED) is 0.295. The van der Waals surface area contributed by atoms with E-state index in [2.05, 4.69) is 33.1 Å². The molecule has 0 spiro atoms. The second-order valence-electron chi connectivity index (χ2n) is 3.93. The van der Waals surface area contributed by atoms with Gasteiger partial charge in [0.15, 0.2) is 5.96 Å². The van der Waals surface area contributed by atoms with Gasteiger partial charge in [-0.05, 0) is 26.7 Å². The molecule has 0 unspecified atom stereocenters. The number of nitrogens with one attached hydrogen (secondary N) is 3. The molecular weight excluding hydrogens is 343 g/mol. The Morgan fingerprint density at radius 2 is 1.83 bits per heavy atom. The molecule has 0 heterocycles. The Labute approximate surface area is 126 Å². The number of carbonyl (C=O) groups excluding carboxylic acids is 1. The lowest BCUT2D eigenvalue weighted by Gasteiger charge is -2.16. The first kappa shape index (κ1) is 17.2. The summed E-state index contributed by atoms with van der Waals surface area (Å²) >= 11 is 0. The van der Waals surface area contributed by atoms with Crippen LogP contribution in [0.4, 0.5) is 0 Å². The monoisotopic (exact) mass is 366 g/mol. The highest BCUT2D eigenvalue weighted by atomic mass is 127. The maximum absolute atomic E-state index is 11.3. The molecule has 0 aromatic heterocycles. The third-order valence-electron chi connectivity index (χ3n) is 2.45. The minimum atomic E-state index is -0.0470. The number of likely N-dealkylation sites (N-methyl/N-ethyl adjacent to an activating group) is 1.